The Morgan fingerprint density at radius 3 is 2.30 bits per heavy atom. The van der Waals surface area contributed by atoms with Gasteiger partial charge in [0, 0.05) is 18.0 Å². The summed E-state index contributed by atoms with van der Waals surface area (Å²) in [4.78, 5) is 27.4. The average Bonchev–Trinajstić information content (AvgIpc) is 2.48. The predicted molar refractivity (Wildman–Crippen MR) is 75.6 cm³/mol. The molecule has 0 spiro atoms. The number of carbonyl (C=O) groups is 2. The van der Waals surface area contributed by atoms with E-state index in [9.17, 15) is 9.59 Å². The molecule has 2 amide bonds. The van der Waals surface area contributed by atoms with E-state index in [1.807, 2.05) is 0 Å². The first-order chi connectivity index (χ1) is 9.59. The summed E-state index contributed by atoms with van der Waals surface area (Å²) < 4.78 is 0. The number of halogens is 2. The molecule has 0 bridgehead atoms. The molecule has 102 valence electrons. The zero-order valence-corrected chi connectivity index (χ0v) is 11.6. The van der Waals surface area contributed by atoms with E-state index < -0.39 is 11.8 Å². The summed E-state index contributed by atoms with van der Waals surface area (Å²) >= 11 is 11.7. The number of carbonyl (C=O) groups excluding carboxylic acids is 2. The second-order valence-electron chi connectivity index (χ2n) is 3.75. The van der Waals surface area contributed by atoms with Gasteiger partial charge in [-0.05, 0) is 24.3 Å². The fourth-order valence-electron chi connectivity index (χ4n) is 1.44. The van der Waals surface area contributed by atoms with E-state index in [2.05, 4.69) is 15.8 Å². The summed E-state index contributed by atoms with van der Waals surface area (Å²) in [5.41, 5.74) is 5.09. The normalized spacial score (nSPS) is 9.90. The van der Waals surface area contributed by atoms with Crippen LogP contribution in [0.3, 0.4) is 0 Å². The number of hydrazine groups is 1. The quantitative estimate of drug-likeness (QED) is 0.837. The molecule has 0 aliphatic rings. The fourth-order valence-corrected chi connectivity index (χ4v) is 1.82. The molecule has 1 heterocycles. The molecule has 0 aliphatic heterocycles. The van der Waals surface area contributed by atoms with Crippen molar-refractivity contribution in [3.63, 3.8) is 0 Å². The highest BCUT2D eigenvalue weighted by Gasteiger charge is 2.13. The molecular weight excluding hydrogens is 301 g/mol. The Bertz CT molecular complexity index is 647. The summed E-state index contributed by atoms with van der Waals surface area (Å²) in [5, 5.41) is 0.393. The summed E-state index contributed by atoms with van der Waals surface area (Å²) in [6.07, 6.45) is 2.95. The maximum Gasteiger partial charge on any atom is 0.271 e. The van der Waals surface area contributed by atoms with Crippen molar-refractivity contribution in [3.05, 3.63) is 63.9 Å². The van der Waals surface area contributed by atoms with Crippen LogP contribution in [0.15, 0.2) is 42.7 Å². The minimum absolute atomic E-state index is 0.129. The largest absolute Gasteiger partial charge is 0.271 e. The topological polar surface area (TPSA) is 71.1 Å². The smallest absolute Gasteiger partial charge is 0.267 e. The number of hydrogen-bond acceptors (Lipinski definition) is 3. The maximum absolute atomic E-state index is 11.9. The molecule has 0 saturated carbocycles. The van der Waals surface area contributed by atoms with Gasteiger partial charge < -0.3 is 0 Å². The molecule has 1 aromatic carbocycles. The SMILES string of the molecule is O=C(NNC(=O)c1cccc(Cl)c1Cl)c1ccncc1. The zero-order valence-electron chi connectivity index (χ0n) is 10.1. The molecule has 7 heteroatoms. The number of rotatable bonds is 2. The molecule has 0 radical (unpaired) electrons. The number of nitrogens with one attached hydrogen (secondary N) is 2. The second-order valence-corrected chi connectivity index (χ2v) is 4.53. The van der Waals surface area contributed by atoms with Crippen LogP contribution in [0.4, 0.5) is 0 Å². The first-order valence-corrected chi connectivity index (χ1v) is 6.30. The van der Waals surface area contributed by atoms with E-state index in [4.69, 9.17) is 23.2 Å². The molecule has 1 aromatic heterocycles. The van der Waals surface area contributed by atoms with E-state index in [-0.39, 0.29) is 15.6 Å². The molecule has 0 atom stereocenters. The lowest BCUT2D eigenvalue weighted by Crippen LogP contribution is -2.41. The summed E-state index contributed by atoms with van der Waals surface area (Å²) in [5.74, 6) is -1.01. The highest BCUT2D eigenvalue weighted by atomic mass is 35.5. The van der Waals surface area contributed by atoms with Crippen LogP contribution in [0.1, 0.15) is 20.7 Å². The molecule has 2 rings (SSSR count). The molecule has 0 saturated heterocycles. The van der Waals surface area contributed by atoms with E-state index in [0.717, 1.165) is 0 Å². The predicted octanol–water partition coefficient (Wildman–Crippen LogP) is 2.46. The lowest BCUT2D eigenvalue weighted by molar-refractivity contribution is 0.0846. The Morgan fingerprint density at radius 2 is 1.60 bits per heavy atom. The van der Waals surface area contributed by atoms with Crippen LogP contribution in [0.5, 0.6) is 0 Å². The van der Waals surface area contributed by atoms with E-state index >= 15 is 0 Å². The number of nitrogens with zero attached hydrogens (tertiary/aromatic N) is 1. The number of pyridine rings is 1. The van der Waals surface area contributed by atoms with Gasteiger partial charge in [0.25, 0.3) is 11.8 Å². The maximum atomic E-state index is 11.9. The summed E-state index contributed by atoms with van der Waals surface area (Å²) in [6, 6.07) is 7.70. The third kappa shape index (κ3) is 3.26. The monoisotopic (exact) mass is 309 g/mol. The van der Waals surface area contributed by atoms with Gasteiger partial charge in [0.2, 0.25) is 0 Å². The van der Waals surface area contributed by atoms with Crippen LogP contribution in [0.25, 0.3) is 0 Å². The Kier molecular flexibility index (Phi) is 4.55. The number of amides is 2. The first kappa shape index (κ1) is 14.3. The molecule has 0 aliphatic carbocycles. The standard InChI is InChI=1S/C13H9Cl2N3O2/c14-10-3-1-2-9(11(10)15)13(20)18-17-12(19)8-4-6-16-7-5-8/h1-7H,(H,17,19)(H,18,20). The Labute approximate surface area is 124 Å². The molecule has 0 unspecified atom stereocenters. The van der Waals surface area contributed by atoms with Gasteiger partial charge in [0.1, 0.15) is 0 Å². The van der Waals surface area contributed by atoms with Gasteiger partial charge in [0.05, 0.1) is 15.6 Å². The van der Waals surface area contributed by atoms with Crippen LogP contribution >= 0.6 is 23.2 Å². The highest BCUT2D eigenvalue weighted by Crippen LogP contribution is 2.25. The molecule has 2 aromatic rings. The van der Waals surface area contributed by atoms with Gasteiger partial charge in [-0.25, -0.2) is 0 Å². The van der Waals surface area contributed by atoms with E-state index in [1.165, 1.54) is 30.6 Å². The van der Waals surface area contributed by atoms with E-state index in [0.29, 0.717) is 5.56 Å². The Hall–Kier alpha value is -2.11. The van der Waals surface area contributed by atoms with Crippen LogP contribution in [-0.4, -0.2) is 16.8 Å². The van der Waals surface area contributed by atoms with Crippen molar-refractivity contribution in [3.8, 4) is 0 Å². The number of hydrogen-bond donors (Lipinski definition) is 2. The van der Waals surface area contributed by atoms with Crippen molar-refractivity contribution in [2.75, 3.05) is 0 Å². The highest BCUT2D eigenvalue weighted by molar-refractivity contribution is 6.43. The van der Waals surface area contributed by atoms with Gasteiger partial charge in [-0.15, -0.1) is 0 Å². The van der Waals surface area contributed by atoms with Crippen molar-refractivity contribution in [2.45, 2.75) is 0 Å². The fraction of sp³-hybridized carbons (Fsp3) is 0. The molecular formula is C13H9Cl2N3O2. The van der Waals surface area contributed by atoms with Crippen molar-refractivity contribution >= 4 is 35.0 Å². The van der Waals surface area contributed by atoms with Gasteiger partial charge in [-0.3, -0.25) is 25.4 Å². The number of aromatic nitrogens is 1. The Morgan fingerprint density at radius 1 is 0.950 bits per heavy atom. The van der Waals surface area contributed by atoms with E-state index in [1.54, 1.807) is 12.1 Å². The lowest BCUT2D eigenvalue weighted by Gasteiger charge is -2.08. The zero-order chi connectivity index (χ0) is 14.5. The molecule has 20 heavy (non-hydrogen) atoms. The van der Waals surface area contributed by atoms with Gasteiger partial charge >= 0.3 is 0 Å². The lowest BCUT2D eigenvalue weighted by atomic mass is 10.2. The van der Waals surface area contributed by atoms with Crippen molar-refractivity contribution < 1.29 is 9.59 Å². The van der Waals surface area contributed by atoms with Crippen molar-refractivity contribution in [1.29, 1.82) is 0 Å². The van der Waals surface area contributed by atoms with Crippen LogP contribution in [-0.2, 0) is 0 Å². The first-order valence-electron chi connectivity index (χ1n) is 5.54. The molecule has 0 fully saturated rings. The van der Waals surface area contributed by atoms with Crippen LogP contribution in [0.2, 0.25) is 10.0 Å². The summed E-state index contributed by atoms with van der Waals surface area (Å²) in [7, 11) is 0. The molecule has 2 N–H and O–H groups in total. The second kappa shape index (κ2) is 6.36. The van der Waals surface area contributed by atoms with Gasteiger partial charge in [-0.1, -0.05) is 29.3 Å². The minimum atomic E-state index is -0.556. The van der Waals surface area contributed by atoms with Crippen molar-refractivity contribution in [1.82, 2.24) is 15.8 Å². The third-order valence-electron chi connectivity index (χ3n) is 2.43. The third-order valence-corrected chi connectivity index (χ3v) is 3.25. The van der Waals surface area contributed by atoms with Crippen molar-refractivity contribution in [2.24, 2.45) is 0 Å². The average molecular weight is 310 g/mol. The molecule has 5 nitrogen and oxygen atoms in total. The Balaban J connectivity index is 2.03. The van der Waals surface area contributed by atoms with Crippen LogP contribution < -0.4 is 10.9 Å². The van der Waals surface area contributed by atoms with Gasteiger partial charge in [-0.2, -0.15) is 0 Å². The summed E-state index contributed by atoms with van der Waals surface area (Å²) in [6.45, 7) is 0. The number of benzene rings is 1. The minimum Gasteiger partial charge on any atom is -0.267 e. The van der Waals surface area contributed by atoms with Gasteiger partial charge in [0.15, 0.2) is 0 Å². The van der Waals surface area contributed by atoms with Crippen LogP contribution in [0, 0.1) is 0 Å².